The molecule has 15 heteroatoms. The van der Waals surface area contributed by atoms with Gasteiger partial charge in [0.05, 0.1) is 34.8 Å². The van der Waals surface area contributed by atoms with E-state index in [9.17, 15) is 30.8 Å². The Morgan fingerprint density at radius 3 is 2.43 bits per heavy atom. The summed E-state index contributed by atoms with van der Waals surface area (Å²) in [5, 5.41) is 12.3. The monoisotopic (exact) mass is 655 g/mol. The van der Waals surface area contributed by atoms with Crippen LogP contribution in [0, 0.1) is 17.2 Å². The van der Waals surface area contributed by atoms with Gasteiger partial charge in [-0.3, -0.25) is 9.78 Å². The van der Waals surface area contributed by atoms with Gasteiger partial charge in [0, 0.05) is 25.8 Å². The average Bonchev–Trinajstić information content (AvgIpc) is 3.60. The largest absolute Gasteiger partial charge is 0.417 e. The van der Waals surface area contributed by atoms with E-state index in [0.717, 1.165) is 30.5 Å². The number of pyridine rings is 1. The summed E-state index contributed by atoms with van der Waals surface area (Å²) in [4.78, 5) is 19.6. The van der Waals surface area contributed by atoms with Gasteiger partial charge in [0.1, 0.15) is 11.5 Å². The number of carbonyl (C=O) groups excluding carboxylic acids is 1. The smallest absolute Gasteiger partial charge is 0.291 e. The molecule has 2 saturated carbocycles. The Balaban J connectivity index is 1.31. The van der Waals surface area contributed by atoms with Gasteiger partial charge in [0.25, 0.3) is 10.0 Å². The molecule has 0 bridgehead atoms. The van der Waals surface area contributed by atoms with Crippen LogP contribution in [0.1, 0.15) is 59.4 Å². The van der Waals surface area contributed by atoms with Crippen LogP contribution in [0.4, 0.5) is 17.6 Å². The molecule has 3 heterocycles. The highest BCUT2D eigenvalue weighted by atomic mass is 32.2. The summed E-state index contributed by atoms with van der Waals surface area (Å²) in [5.41, 5.74) is 0.317. The lowest BCUT2D eigenvalue weighted by molar-refractivity contribution is -0.137. The normalized spacial score (nSPS) is 21.5. The first-order valence-electron chi connectivity index (χ1n) is 14.9. The number of fused-ring (bicyclic) bond motifs is 2. The minimum Gasteiger partial charge on any atom is -0.291 e. The number of ketones is 1. The zero-order valence-corrected chi connectivity index (χ0v) is 25.5. The van der Waals surface area contributed by atoms with Crippen LogP contribution in [0.2, 0.25) is 0 Å². The molecule has 3 aliphatic rings. The number of allylic oxidation sites excluding steroid dienone is 1. The Morgan fingerprint density at radius 1 is 1.04 bits per heavy atom. The standard InChI is InChI=1S/C31H29F4N7O3S/c1-40-37-17-28(39-40)46(44,45)41(18-19-2-3-19)25-8-4-21-12-27-20(15-38-42(27)24-9-6-23(32)7-10-24)13-30(21,14-25)29(43)26-11-5-22(16-36-26)31(33,34)35/h5-7,9-12,15-17,19,25H,2-4,8,13-14,18H2,1H3/t25-,30-/m0/s1. The Labute approximate surface area is 261 Å². The summed E-state index contributed by atoms with van der Waals surface area (Å²) >= 11 is 0. The maximum absolute atomic E-state index is 14.5. The van der Waals surface area contributed by atoms with E-state index in [4.69, 9.17) is 0 Å². The van der Waals surface area contributed by atoms with Crippen molar-refractivity contribution >= 4 is 21.9 Å². The first-order chi connectivity index (χ1) is 21.8. The van der Waals surface area contributed by atoms with Crippen molar-refractivity contribution < 1.29 is 30.8 Å². The molecule has 10 nitrogen and oxygen atoms in total. The highest BCUT2D eigenvalue weighted by Gasteiger charge is 2.52. The predicted molar refractivity (Wildman–Crippen MR) is 156 cm³/mol. The molecule has 0 N–H and O–H groups in total. The van der Waals surface area contributed by atoms with Crippen LogP contribution < -0.4 is 0 Å². The van der Waals surface area contributed by atoms with Gasteiger partial charge in [0.15, 0.2) is 5.78 Å². The maximum Gasteiger partial charge on any atom is 0.417 e. The number of Topliss-reactive ketones (excluding diaryl/α,β-unsaturated/α-hetero) is 1. The summed E-state index contributed by atoms with van der Waals surface area (Å²) in [6, 6.07) is 7.13. The third kappa shape index (κ3) is 5.34. The van der Waals surface area contributed by atoms with Crippen LogP contribution in [0.15, 0.2) is 65.6 Å². The van der Waals surface area contributed by atoms with E-state index in [1.165, 1.54) is 34.5 Å². The van der Waals surface area contributed by atoms with E-state index in [2.05, 4.69) is 20.3 Å². The Kier molecular flexibility index (Phi) is 7.23. The SMILES string of the molecule is Cn1ncc(S(=O)(=O)N(CC2CC2)[C@H]2CCC3=Cc4c(cnn4-c4ccc(F)cc4)C[C@]3(C(=O)c3ccc(C(F)(F)F)cn3)C2)n1. The van der Waals surface area contributed by atoms with Crippen LogP contribution in [0.5, 0.6) is 0 Å². The van der Waals surface area contributed by atoms with Crippen molar-refractivity contribution in [3.63, 3.8) is 0 Å². The maximum atomic E-state index is 14.5. The fourth-order valence-electron chi connectivity index (χ4n) is 6.62. The van der Waals surface area contributed by atoms with Crippen molar-refractivity contribution in [2.24, 2.45) is 18.4 Å². The topological polar surface area (TPSA) is 116 Å². The average molecular weight is 656 g/mol. The highest BCUT2D eigenvalue weighted by molar-refractivity contribution is 7.89. The Bertz CT molecular complexity index is 1950. The number of hydrogen-bond donors (Lipinski definition) is 0. The van der Waals surface area contributed by atoms with E-state index in [1.54, 1.807) is 23.0 Å². The van der Waals surface area contributed by atoms with E-state index >= 15 is 0 Å². The van der Waals surface area contributed by atoms with Gasteiger partial charge in [-0.1, -0.05) is 5.57 Å². The number of benzene rings is 1. The summed E-state index contributed by atoms with van der Waals surface area (Å²) in [6.45, 7) is 0.263. The molecule has 0 amide bonds. The fraction of sp³-hybridized carbons (Fsp3) is 0.387. The molecule has 4 aromatic rings. The number of rotatable bonds is 8. The number of nitrogens with zero attached hydrogens (tertiary/aromatic N) is 7. The lowest BCUT2D eigenvalue weighted by Gasteiger charge is -2.46. The summed E-state index contributed by atoms with van der Waals surface area (Å²) in [6.07, 6.45) is 3.45. The second kappa shape index (κ2) is 10.9. The van der Waals surface area contributed by atoms with E-state index in [1.807, 2.05) is 6.08 Å². The van der Waals surface area contributed by atoms with Gasteiger partial charge in [0.2, 0.25) is 5.03 Å². The lowest BCUT2D eigenvalue weighted by atomic mass is 9.60. The van der Waals surface area contributed by atoms with E-state index in [-0.39, 0.29) is 36.0 Å². The van der Waals surface area contributed by atoms with Gasteiger partial charge in [-0.2, -0.15) is 32.5 Å². The van der Waals surface area contributed by atoms with Crippen molar-refractivity contribution in [1.82, 2.24) is 34.1 Å². The molecule has 1 aromatic carbocycles. The lowest BCUT2D eigenvalue weighted by Crippen LogP contribution is -2.51. The molecule has 2 atom stereocenters. The van der Waals surface area contributed by atoms with Crippen molar-refractivity contribution in [1.29, 1.82) is 0 Å². The molecular formula is C31H29F4N7O3S. The molecule has 3 aliphatic carbocycles. The van der Waals surface area contributed by atoms with Gasteiger partial charge in [-0.05, 0) is 92.5 Å². The molecule has 7 rings (SSSR count). The van der Waals surface area contributed by atoms with Gasteiger partial charge >= 0.3 is 6.18 Å². The minimum atomic E-state index is -4.62. The van der Waals surface area contributed by atoms with Crippen molar-refractivity contribution in [3.05, 3.63) is 88.9 Å². The molecule has 2 fully saturated rings. The highest BCUT2D eigenvalue weighted by Crippen LogP contribution is 2.52. The van der Waals surface area contributed by atoms with Crippen LogP contribution in [-0.2, 0) is 29.7 Å². The summed E-state index contributed by atoms with van der Waals surface area (Å²) < 4.78 is 84.7. The molecule has 0 spiro atoms. The molecule has 240 valence electrons. The third-order valence-electron chi connectivity index (χ3n) is 9.16. The number of carbonyl (C=O) groups is 1. The molecule has 3 aromatic heterocycles. The fourth-order valence-corrected chi connectivity index (χ4v) is 8.24. The van der Waals surface area contributed by atoms with E-state index < -0.39 is 44.8 Å². The van der Waals surface area contributed by atoms with Crippen molar-refractivity contribution in [3.8, 4) is 5.69 Å². The number of halogens is 4. The third-order valence-corrected chi connectivity index (χ3v) is 10.9. The molecule has 0 aliphatic heterocycles. The number of alkyl halides is 3. The first-order valence-corrected chi connectivity index (χ1v) is 16.3. The van der Waals surface area contributed by atoms with Crippen molar-refractivity contribution in [2.75, 3.05) is 6.54 Å². The first kappa shape index (κ1) is 30.4. The zero-order valence-electron chi connectivity index (χ0n) is 24.7. The second-order valence-electron chi connectivity index (χ2n) is 12.2. The van der Waals surface area contributed by atoms with Crippen LogP contribution in [0.3, 0.4) is 0 Å². The molecule has 0 unspecified atom stereocenters. The van der Waals surface area contributed by atoms with Crippen LogP contribution >= 0.6 is 0 Å². The Hall–Kier alpha value is -4.24. The Morgan fingerprint density at radius 2 is 1.80 bits per heavy atom. The second-order valence-corrected chi connectivity index (χ2v) is 14.1. The van der Waals surface area contributed by atoms with E-state index in [0.29, 0.717) is 36.0 Å². The molecular weight excluding hydrogens is 626 g/mol. The zero-order chi connectivity index (χ0) is 32.4. The number of aromatic nitrogens is 6. The number of sulfonamides is 1. The van der Waals surface area contributed by atoms with Crippen molar-refractivity contribution in [2.45, 2.75) is 55.8 Å². The minimum absolute atomic E-state index is 0.0910. The van der Waals surface area contributed by atoms with Crippen LogP contribution in [-0.4, -0.2) is 60.9 Å². The molecule has 0 saturated heterocycles. The quantitative estimate of drug-likeness (QED) is 0.194. The molecule has 0 radical (unpaired) electrons. The van der Waals surface area contributed by atoms with Gasteiger partial charge in [-0.25, -0.2) is 17.5 Å². The molecule has 46 heavy (non-hydrogen) atoms. The van der Waals surface area contributed by atoms with Crippen LogP contribution in [0.25, 0.3) is 11.8 Å². The summed E-state index contributed by atoms with van der Waals surface area (Å²) in [7, 11) is -2.56. The summed E-state index contributed by atoms with van der Waals surface area (Å²) in [5.74, 6) is -0.707. The number of hydrogen-bond acceptors (Lipinski definition) is 7. The van der Waals surface area contributed by atoms with Gasteiger partial charge in [-0.15, -0.1) is 5.10 Å². The van der Waals surface area contributed by atoms with Gasteiger partial charge < -0.3 is 0 Å². The number of aryl methyl sites for hydroxylation is 1. The predicted octanol–water partition coefficient (Wildman–Crippen LogP) is 5.02.